The minimum absolute atomic E-state index is 0.501. The van der Waals surface area contributed by atoms with E-state index < -0.39 is 0 Å². The molecule has 0 spiro atoms. The zero-order valence-electron chi connectivity index (χ0n) is 10.2. The Morgan fingerprint density at radius 2 is 2.19 bits per heavy atom. The zero-order valence-corrected chi connectivity index (χ0v) is 10.2. The van der Waals surface area contributed by atoms with Crippen molar-refractivity contribution in [2.75, 3.05) is 6.54 Å². The van der Waals surface area contributed by atoms with Gasteiger partial charge in [0.25, 0.3) is 0 Å². The first kappa shape index (κ1) is 11.1. The first-order valence-electron chi connectivity index (χ1n) is 5.79. The quantitative estimate of drug-likeness (QED) is 0.856. The molecule has 0 atom stereocenters. The number of nitrogens with zero attached hydrogens (tertiary/aromatic N) is 2. The fraction of sp³-hybridized carbons (Fsp3) is 0.462. The summed E-state index contributed by atoms with van der Waals surface area (Å²) in [5.41, 5.74) is 10.7. The van der Waals surface area contributed by atoms with Crippen LogP contribution >= 0.6 is 0 Å². The van der Waals surface area contributed by atoms with Gasteiger partial charge in [-0.2, -0.15) is 0 Å². The van der Waals surface area contributed by atoms with Crippen molar-refractivity contribution in [1.82, 2.24) is 9.55 Å². The van der Waals surface area contributed by atoms with Crippen LogP contribution in [0.25, 0.3) is 11.0 Å². The Bertz CT molecular complexity index is 497. The Morgan fingerprint density at radius 3 is 2.81 bits per heavy atom. The Morgan fingerprint density at radius 1 is 1.44 bits per heavy atom. The number of aryl methyl sites for hydroxylation is 1. The number of hydrogen-bond acceptors (Lipinski definition) is 2. The third kappa shape index (κ3) is 1.61. The van der Waals surface area contributed by atoms with E-state index in [0.29, 0.717) is 12.5 Å². The monoisotopic (exact) mass is 217 g/mol. The average Bonchev–Trinajstić information content (AvgIpc) is 2.54. The second kappa shape index (κ2) is 4.26. The zero-order chi connectivity index (χ0) is 11.7. The lowest BCUT2D eigenvalue weighted by Crippen LogP contribution is -2.07. The van der Waals surface area contributed by atoms with E-state index in [-0.39, 0.29) is 0 Å². The molecule has 2 aromatic rings. The van der Waals surface area contributed by atoms with Crippen LogP contribution in [-0.4, -0.2) is 16.1 Å². The molecule has 0 aliphatic heterocycles. The van der Waals surface area contributed by atoms with Gasteiger partial charge in [-0.25, -0.2) is 0 Å². The number of fused-ring (bicyclic) bond motifs is 1. The molecule has 0 fully saturated rings. The van der Waals surface area contributed by atoms with Gasteiger partial charge in [0, 0.05) is 24.5 Å². The first-order valence-corrected chi connectivity index (χ1v) is 5.79. The van der Waals surface area contributed by atoms with Gasteiger partial charge in [-0.1, -0.05) is 13.8 Å². The average molecular weight is 217 g/mol. The summed E-state index contributed by atoms with van der Waals surface area (Å²) < 4.78 is 2.25. The Hall–Kier alpha value is -1.35. The van der Waals surface area contributed by atoms with Gasteiger partial charge in [0.1, 0.15) is 0 Å². The van der Waals surface area contributed by atoms with Crippen LogP contribution in [0.4, 0.5) is 0 Å². The lowest BCUT2D eigenvalue weighted by Gasteiger charge is -2.10. The van der Waals surface area contributed by atoms with Gasteiger partial charge in [-0.05, 0) is 31.0 Å². The molecule has 3 nitrogen and oxygen atoms in total. The van der Waals surface area contributed by atoms with Crippen LogP contribution in [0.15, 0.2) is 18.3 Å². The fourth-order valence-corrected chi connectivity index (χ4v) is 2.48. The summed E-state index contributed by atoms with van der Waals surface area (Å²) >= 11 is 0. The van der Waals surface area contributed by atoms with Crippen LogP contribution in [-0.2, 0) is 13.5 Å². The lowest BCUT2D eigenvalue weighted by atomic mass is 10.0. The summed E-state index contributed by atoms with van der Waals surface area (Å²) in [5, 5.41) is 0. The molecule has 2 heterocycles. The van der Waals surface area contributed by atoms with Crippen molar-refractivity contribution in [2.24, 2.45) is 12.8 Å². The maximum Gasteiger partial charge on any atom is 0.0916 e. The molecular weight excluding hydrogens is 198 g/mol. The van der Waals surface area contributed by atoms with E-state index in [1.165, 1.54) is 16.8 Å². The number of pyridine rings is 1. The normalized spacial score (nSPS) is 11.6. The Kier molecular flexibility index (Phi) is 2.97. The molecule has 0 aromatic carbocycles. The number of rotatable bonds is 3. The van der Waals surface area contributed by atoms with Crippen molar-refractivity contribution in [3.05, 3.63) is 29.6 Å². The molecule has 2 rings (SSSR count). The third-order valence-corrected chi connectivity index (χ3v) is 3.05. The van der Waals surface area contributed by atoms with E-state index in [1.54, 1.807) is 0 Å². The SMILES string of the molecule is CC(C)c1c(CCN)c2ncccc2n1C. The molecule has 0 unspecified atom stereocenters. The van der Waals surface area contributed by atoms with Crippen molar-refractivity contribution in [3.8, 4) is 0 Å². The van der Waals surface area contributed by atoms with Crippen LogP contribution < -0.4 is 5.73 Å². The molecule has 0 bridgehead atoms. The van der Waals surface area contributed by atoms with Gasteiger partial charge in [0.15, 0.2) is 0 Å². The van der Waals surface area contributed by atoms with Crippen LogP contribution in [0.5, 0.6) is 0 Å². The maximum atomic E-state index is 5.69. The van der Waals surface area contributed by atoms with Crippen LogP contribution in [0.3, 0.4) is 0 Å². The predicted octanol–water partition coefficient (Wildman–Crippen LogP) is 2.20. The summed E-state index contributed by atoms with van der Waals surface area (Å²) in [7, 11) is 2.11. The molecule has 2 aromatic heterocycles. The summed E-state index contributed by atoms with van der Waals surface area (Å²) in [4.78, 5) is 4.49. The van der Waals surface area contributed by atoms with Gasteiger partial charge < -0.3 is 10.3 Å². The molecule has 2 N–H and O–H groups in total. The highest BCUT2D eigenvalue weighted by Crippen LogP contribution is 2.28. The van der Waals surface area contributed by atoms with Crippen molar-refractivity contribution in [2.45, 2.75) is 26.2 Å². The first-order chi connectivity index (χ1) is 7.66. The Balaban J connectivity index is 2.75. The van der Waals surface area contributed by atoms with Gasteiger partial charge in [0.05, 0.1) is 11.0 Å². The minimum atomic E-state index is 0.501. The van der Waals surface area contributed by atoms with Gasteiger partial charge >= 0.3 is 0 Å². The summed E-state index contributed by atoms with van der Waals surface area (Å²) in [6.07, 6.45) is 2.76. The Labute approximate surface area is 96.3 Å². The van der Waals surface area contributed by atoms with Gasteiger partial charge in [-0.15, -0.1) is 0 Å². The standard InChI is InChI=1S/C13H19N3/c1-9(2)13-10(6-7-14)12-11(16(13)3)5-4-8-15-12/h4-5,8-9H,6-7,14H2,1-3H3. The predicted molar refractivity (Wildman–Crippen MR) is 67.6 cm³/mol. The molecule has 0 saturated heterocycles. The third-order valence-electron chi connectivity index (χ3n) is 3.05. The second-order valence-corrected chi connectivity index (χ2v) is 4.49. The van der Waals surface area contributed by atoms with Gasteiger partial charge in [0.2, 0.25) is 0 Å². The van der Waals surface area contributed by atoms with E-state index in [9.17, 15) is 0 Å². The largest absolute Gasteiger partial charge is 0.346 e. The number of nitrogens with two attached hydrogens (primary N) is 1. The molecule has 3 heteroatoms. The van der Waals surface area contributed by atoms with E-state index in [4.69, 9.17) is 5.73 Å². The summed E-state index contributed by atoms with van der Waals surface area (Å²) in [6.45, 7) is 5.11. The lowest BCUT2D eigenvalue weighted by molar-refractivity contribution is 0.737. The molecule has 0 amide bonds. The summed E-state index contributed by atoms with van der Waals surface area (Å²) in [6, 6.07) is 4.10. The fourth-order valence-electron chi connectivity index (χ4n) is 2.48. The number of hydrogen-bond donors (Lipinski definition) is 1. The molecule has 0 saturated carbocycles. The smallest absolute Gasteiger partial charge is 0.0916 e. The second-order valence-electron chi connectivity index (χ2n) is 4.49. The number of aromatic nitrogens is 2. The minimum Gasteiger partial charge on any atom is -0.346 e. The topological polar surface area (TPSA) is 43.8 Å². The van der Waals surface area contributed by atoms with E-state index in [0.717, 1.165) is 11.9 Å². The highest BCUT2D eigenvalue weighted by atomic mass is 15.0. The molecule has 86 valence electrons. The summed E-state index contributed by atoms with van der Waals surface area (Å²) in [5.74, 6) is 0.501. The molecular formula is C13H19N3. The molecule has 0 radical (unpaired) electrons. The van der Waals surface area contributed by atoms with Crippen LogP contribution in [0.1, 0.15) is 31.0 Å². The molecule has 16 heavy (non-hydrogen) atoms. The van der Waals surface area contributed by atoms with Crippen LogP contribution in [0, 0.1) is 0 Å². The highest BCUT2D eigenvalue weighted by molar-refractivity contribution is 5.81. The van der Waals surface area contributed by atoms with Crippen molar-refractivity contribution < 1.29 is 0 Å². The van der Waals surface area contributed by atoms with E-state index in [2.05, 4.69) is 36.5 Å². The van der Waals surface area contributed by atoms with Gasteiger partial charge in [-0.3, -0.25) is 4.98 Å². The molecule has 0 aliphatic carbocycles. The van der Waals surface area contributed by atoms with Crippen LogP contribution in [0.2, 0.25) is 0 Å². The van der Waals surface area contributed by atoms with E-state index >= 15 is 0 Å². The molecule has 0 aliphatic rings. The van der Waals surface area contributed by atoms with Crippen molar-refractivity contribution >= 4 is 11.0 Å². The van der Waals surface area contributed by atoms with Crippen molar-refractivity contribution in [1.29, 1.82) is 0 Å². The van der Waals surface area contributed by atoms with E-state index in [1.807, 2.05) is 12.3 Å². The van der Waals surface area contributed by atoms with Crippen molar-refractivity contribution in [3.63, 3.8) is 0 Å². The maximum absolute atomic E-state index is 5.69. The highest BCUT2D eigenvalue weighted by Gasteiger charge is 2.17.